The Kier molecular flexibility index (Phi) is 6.49. The molecule has 21 heavy (non-hydrogen) atoms. The monoisotopic (exact) mass is 295 g/mol. The minimum absolute atomic E-state index is 0.356. The van der Waals surface area contributed by atoms with Gasteiger partial charge in [0.1, 0.15) is 0 Å². The van der Waals surface area contributed by atoms with Crippen molar-refractivity contribution >= 4 is 5.91 Å². The lowest BCUT2D eigenvalue weighted by Crippen LogP contribution is -2.48. The molecule has 0 bridgehead atoms. The molecule has 0 saturated carbocycles. The summed E-state index contributed by atoms with van der Waals surface area (Å²) >= 11 is 0. The second-order valence-electron chi connectivity index (χ2n) is 7.24. The second kappa shape index (κ2) is 8.14. The maximum Gasteiger partial charge on any atom is 0.236 e. The fraction of sp³-hybridized carbons (Fsp3) is 0.941. The van der Waals surface area contributed by atoms with Crippen molar-refractivity contribution in [2.45, 2.75) is 51.5 Å². The Morgan fingerprint density at radius 3 is 2.43 bits per heavy atom. The fourth-order valence-corrected chi connectivity index (χ4v) is 3.62. The Hall–Kier alpha value is -0.610. The summed E-state index contributed by atoms with van der Waals surface area (Å²) in [5, 5.41) is 0. The molecule has 4 nitrogen and oxygen atoms in total. The molecule has 0 spiro atoms. The standard InChI is InChI=1S/C17H33N3O/c1-15-6-4-5-10-20(15)17(21)14-19-12-8-16(9-13-19)7-11-18(2)3/h15-16H,4-14H2,1-3H3/t15-/m0/s1. The number of amides is 1. The molecule has 2 aliphatic rings. The molecule has 0 aromatic carbocycles. The zero-order valence-corrected chi connectivity index (χ0v) is 14.2. The van der Waals surface area contributed by atoms with Crippen LogP contribution < -0.4 is 0 Å². The van der Waals surface area contributed by atoms with Crippen LogP contribution in [0.5, 0.6) is 0 Å². The molecule has 122 valence electrons. The van der Waals surface area contributed by atoms with Crippen LogP contribution in [0.15, 0.2) is 0 Å². The van der Waals surface area contributed by atoms with Gasteiger partial charge in [0.2, 0.25) is 5.91 Å². The largest absolute Gasteiger partial charge is 0.339 e. The molecule has 2 aliphatic heterocycles. The van der Waals surface area contributed by atoms with Crippen molar-refractivity contribution < 1.29 is 4.79 Å². The molecule has 2 fully saturated rings. The van der Waals surface area contributed by atoms with Crippen LogP contribution in [0.4, 0.5) is 0 Å². The first-order valence-electron chi connectivity index (χ1n) is 8.73. The van der Waals surface area contributed by atoms with Gasteiger partial charge in [-0.3, -0.25) is 9.69 Å². The highest BCUT2D eigenvalue weighted by Crippen LogP contribution is 2.21. The molecule has 0 radical (unpaired) electrons. The van der Waals surface area contributed by atoms with Crippen molar-refractivity contribution in [3.8, 4) is 0 Å². The summed E-state index contributed by atoms with van der Waals surface area (Å²) < 4.78 is 0. The van der Waals surface area contributed by atoms with Crippen molar-refractivity contribution in [3.05, 3.63) is 0 Å². The van der Waals surface area contributed by atoms with E-state index in [1.54, 1.807) is 0 Å². The zero-order chi connectivity index (χ0) is 15.2. The third-order valence-electron chi connectivity index (χ3n) is 5.17. The van der Waals surface area contributed by atoms with E-state index >= 15 is 0 Å². The average molecular weight is 295 g/mol. The van der Waals surface area contributed by atoms with Gasteiger partial charge in [-0.1, -0.05) is 0 Å². The van der Waals surface area contributed by atoms with Gasteiger partial charge in [-0.05, 0) is 85.1 Å². The summed E-state index contributed by atoms with van der Waals surface area (Å²) in [6, 6.07) is 0.448. The maximum atomic E-state index is 12.5. The maximum absolute atomic E-state index is 12.5. The first kappa shape index (κ1) is 16.8. The molecule has 1 atom stereocenters. The van der Waals surface area contributed by atoms with E-state index in [-0.39, 0.29) is 0 Å². The number of carbonyl (C=O) groups excluding carboxylic acids is 1. The number of carbonyl (C=O) groups is 1. The van der Waals surface area contributed by atoms with E-state index in [2.05, 4.69) is 35.7 Å². The van der Waals surface area contributed by atoms with Gasteiger partial charge in [-0.2, -0.15) is 0 Å². The number of nitrogens with zero attached hydrogens (tertiary/aromatic N) is 3. The lowest BCUT2D eigenvalue weighted by molar-refractivity contribution is -0.136. The third kappa shape index (κ3) is 5.26. The average Bonchev–Trinajstić information content (AvgIpc) is 2.47. The van der Waals surface area contributed by atoms with Gasteiger partial charge < -0.3 is 9.80 Å². The Bertz CT molecular complexity index is 324. The predicted octanol–water partition coefficient (Wildman–Crippen LogP) is 2.05. The molecule has 0 aromatic heterocycles. The van der Waals surface area contributed by atoms with Crippen molar-refractivity contribution in [2.75, 3.05) is 46.8 Å². The number of likely N-dealkylation sites (tertiary alicyclic amines) is 2. The van der Waals surface area contributed by atoms with Gasteiger partial charge in [0.05, 0.1) is 6.54 Å². The summed E-state index contributed by atoms with van der Waals surface area (Å²) in [5.74, 6) is 1.21. The molecular weight excluding hydrogens is 262 g/mol. The quantitative estimate of drug-likeness (QED) is 0.777. The first-order chi connectivity index (χ1) is 10.1. The van der Waals surface area contributed by atoms with Gasteiger partial charge in [-0.25, -0.2) is 0 Å². The second-order valence-corrected chi connectivity index (χ2v) is 7.24. The predicted molar refractivity (Wildman–Crippen MR) is 87.4 cm³/mol. The number of hydrogen-bond donors (Lipinski definition) is 0. The van der Waals surface area contributed by atoms with E-state index < -0.39 is 0 Å². The SMILES string of the molecule is C[C@H]1CCCCN1C(=O)CN1CCC(CCN(C)C)CC1. The summed E-state index contributed by atoms with van der Waals surface area (Å²) in [6.45, 7) is 7.21. The van der Waals surface area contributed by atoms with Crippen LogP contribution in [-0.2, 0) is 4.79 Å². The van der Waals surface area contributed by atoms with Crippen LogP contribution in [0.1, 0.15) is 45.4 Å². The van der Waals surface area contributed by atoms with Crippen molar-refractivity contribution in [2.24, 2.45) is 5.92 Å². The number of piperidine rings is 2. The van der Waals surface area contributed by atoms with Gasteiger partial charge in [-0.15, -0.1) is 0 Å². The Labute approximate surface area is 130 Å². The van der Waals surface area contributed by atoms with Gasteiger partial charge >= 0.3 is 0 Å². The minimum Gasteiger partial charge on any atom is -0.339 e. The molecule has 4 heteroatoms. The third-order valence-corrected chi connectivity index (χ3v) is 5.17. The summed E-state index contributed by atoms with van der Waals surface area (Å²) in [4.78, 5) is 19.2. The Balaban J connectivity index is 1.69. The van der Waals surface area contributed by atoms with Crippen LogP contribution in [0.3, 0.4) is 0 Å². The van der Waals surface area contributed by atoms with Gasteiger partial charge in [0, 0.05) is 12.6 Å². The van der Waals surface area contributed by atoms with Crippen LogP contribution >= 0.6 is 0 Å². The van der Waals surface area contributed by atoms with Crippen molar-refractivity contribution in [1.82, 2.24) is 14.7 Å². The van der Waals surface area contributed by atoms with E-state index in [0.29, 0.717) is 18.5 Å². The lowest BCUT2D eigenvalue weighted by atomic mass is 9.93. The summed E-state index contributed by atoms with van der Waals surface area (Å²) in [7, 11) is 4.29. The van der Waals surface area contributed by atoms with Gasteiger partial charge in [0.25, 0.3) is 0 Å². The molecule has 0 unspecified atom stereocenters. The van der Waals surface area contributed by atoms with E-state index in [4.69, 9.17) is 0 Å². The molecule has 2 heterocycles. The Morgan fingerprint density at radius 1 is 1.10 bits per heavy atom. The molecule has 1 amide bonds. The molecule has 0 aliphatic carbocycles. The van der Waals surface area contributed by atoms with Crippen LogP contribution in [0.25, 0.3) is 0 Å². The highest BCUT2D eigenvalue weighted by molar-refractivity contribution is 5.78. The number of hydrogen-bond acceptors (Lipinski definition) is 3. The van der Waals surface area contributed by atoms with E-state index in [0.717, 1.165) is 25.6 Å². The molecule has 0 N–H and O–H groups in total. The number of rotatable bonds is 5. The van der Waals surface area contributed by atoms with E-state index in [1.165, 1.54) is 45.1 Å². The normalized spacial score (nSPS) is 25.5. The molecule has 2 rings (SSSR count). The van der Waals surface area contributed by atoms with Crippen LogP contribution in [0, 0.1) is 5.92 Å². The van der Waals surface area contributed by atoms with E-state index in [1.807, 2.05) is 0 Å². The highest BCUT2D eigenvalue weighted by atomic mass is 16.2. The van der Waals surface area contributed by atoms with Crippen molar-refractivity contribution in [1.29, 1.82) is 0 Å². The Morgan fingerprint density at radius 2 is 1.81 bits per heavy atom. The zero-order valence-electron chi connectivity index (χ0n) is 14.2. The molecule has 2 saturated heterocycles. The summed E-state index contributed by atoms with van der Waals surface area (Å²) in [5.41, 5.74) is 0. The lowest BCUT2D eigenvalue weighted by Gasteiger charge is -2.37. The van der Waals surface area contributed by atoms with Crippen LogP contribution in [0.2, 0.25) is 0 Å². The van der Waals surface area contributed by atoms with Crippen molar-refractivity contribution in [3.63, 3.8) is 0 Å². The molecule has 0 aromatic rings. The first-order valence-corrected chi connectivity index (χ1v) is 8.73. The van der Waals surface area contributed by atoms with Crippen LogP contribution in [-0.4, -0.2) is 73.5 Å². The minimum atomic E-state index is 0.356. The van der Waals surface area contributed by atoms with Gasteiger partial charge in [0.15, 0.2) is 0 Å². The van der Waals surface area contributed by atoms with E-state index in [9.17, 15) is 4.79 Å². The highest BCUT2D eigenvalue weighted by Gasteiger charge is 2.26. The molecular formula is C17H33N3O. The fourth-order valence-electron chi connectivity index (χ4n) is 3.62. The smallest absolute Gasteiger partial charge is 0.236 e. The summed E-state index contributed by atoms with van der Waals surface area (Å²) in [6.07, 6.45) is 7.47. The topological polar surface area (TPSA) is 26.8 Å².